The van der Waals surface area contributed by atoms with Gasteiger partial charge in [0.2, 0.25) is 0 Å². The molecule has 0 amide bonds. The first-order valence-corrected chi connectivity index (χ1v) is 7.25. The zero-order valence-corrected chi connectivity index (χ0v) is 9.78. The fraction of sp³-hybridized carbons (Fsp3) is 1.00. The molecule has 8 bridgehead atoms. The van der Waals surface area contributed by atoms with Gasteiger partial charge in [0.1, 0.15) is 0 Å². The largest absolute Gasteiger partial charge is 0.0591 e. The maximum Gasteiger partial charge on any atom is -0.0261 e. The SMILES string of the molecule is CC12CC3CC4C5CC(C[C@H]41)C[C@@H]2C5C3. The van der Waals surface area contributed by atoms with Crippen LogP contribution in [-0.2, 0) is 0 Å². The predicted molar refractivity (Wildman–Crippen MR) is 60.2 cm³/mol. The molecule has 0 radical (unpaired) electrons. The molecule has 2 unspecified atom stereocenters. The van der Waals surface area contributed by atoms with E-state index in [4.69, 9.17) is 0 Å². The van der Waals surface area contributed by atoms with E-state index in [9.17, 15) is 0 Å². The van der Waals surface area contributed by atoms with E-state index in [1.54, 1.807) is 38.5 Å². The third kappa shape index (κ3) is 0.718. The minimum Gasteiger partial charge on any atom is -0.0591 e. The second kappa shape index (κ2) is 2.17. The van der Waals surface area contributed by atoms with Crippen LogP contribution in [-0.4, -0.2) is 0 Å². The van der Waals surface area contributed by atoms with Crippen LogP contribution in [0.1, 0.15) is 45.4 Å². The molecule has 4 atom stereocenters. The van der Waals surface area contributed by atoms with Crippen LogP contribution in [0.3, 0.4) is 0 Å². The molecule has 0 heteroatoms. The molecule has 0 aliphatic heterocycles. The first-order valence-electron chi connectivity index (χ1n) is 7.25. The summed E-state index contributed by atoms with van der Waals surface area (Å²) in [5.41, 5.74) is 0.823. The highest BCUT2D eigenvalue weighted by Gasteiger charge is 2.67. The lowest BCUT2D eigenvalue weighted by atomic mass is 9.31. The molecule has 0 N–H and O–H groups in total. The first-order chi connectivity index (χ1) is 7.25. The van der Waals surface area contributed by atoms with Crippen LogP contribution in [0.4, 0.5) is 0 Å². The zero-order chi connectivity index (χ0) is 9.78. The van der Waals surface area contributed by atoms with Crippen molar-refractivity contribution in [2.24, 2.45) is 46.8 Å². The Balaban J connectivity index is 1.73. The van der Waals surface area contributed by atoms with Gasteiger partial charge < -0.3 is 0 Å². The van der Waals surface area contributed by atoms with E-state index in [0.29, 0.717) is 0 Å². The Labute approximate surface area is 92.8 Å². The van der Waals surface area contributed by atoms with Crippen molar-refractivity contribution in [2.45, 2.75) is 45.4 Å². The van der Waals surface area contributed by atoms with Crippen molar-refractivity contribution in [3.05, 3.63) is 0 Å². The predicted octanol–water partition coefficient (Wildman–Crippen LogP) is 3.71. The third-order valence-electron chi connectivity index (χ3n) is 7.55. The van der Waals surface area contributed by atoms with Crippen LogP contribution < -0.4 is 0 Å². The molecule has 0 aromatic rings. The molecule has 7 fully saturated rings. The third-order valence-corrected chi connectivity index (χ3v) is 7.55. The Bertz CT molecular complexity index is 307. The van der Waals surface area contributed by atoms with E-state index in [1.807, 2.05) is 0 Å². The summed E-state index contributed by atoms with van der Waals surface area (Å²) < 4.78 is 0. The van der Waals surface area contributed by atoms with Gasteiger partial charge in [0.05, 0.1) is 0 Å². The van der Waals surface area contributed by atoms with Crippen molar-refractivity contribution in [1.29, 1.82) is 0 Å². The molecule has 7 rings (SSSR count). The van der Waals surface area contributed by atoms with Crippen molar-refractivity contribution in [3.8, 4) is 0 Å². The maximum atomic E-state index is 2.69. The highest BCUT2D eigenvalue weighted by Crippen LogP contribution is 2.75. The highest BCUT2D eigenvalue weighted by molar-refractivity contribution is 5.16. The van der Waals surface area contributed by atoms with E-state index in [2.05, 4.69) is 6.92 Å². The number of rotatable bonds is 0. The molecule has 82 valence electrons. The molecule has 0 spiro atoms. The molecule has 15 heavy (non-hydrogen) atoms. The molecule has 7 saturated carbocycles. The van der Waals surface area contributed by atoms with Crippen LogP contribution in [0, 0.1) is 46.8 Å². The molecule has 0 nitrogen and oxygen atoms in total. The monoisotopic (exact) mass is 202 g/mol. The van der Waals surface area contributed by atoms with Crippen molar-refractivity contribution in [3.63, 3.8) is 0 Å². The summed E-state index contributed by atoms with van der Waals surface area (Å²) in [6, 6.07) is 0. The number of hydrogen-bond acceptors (Lipinski definition) is 0. The molecule has 7 aliphatic rings. The summed E-state index contributed by atoms with van der Waals surface area (Å²) in [6.07, 6.45) is 9.81. The van der Waals surface area contributed by atoms with E-state index in [1.165, 1.54) is 35.5 Å². The topological polar surface area (TPSA) is 0 Å². The Morgan fingerprint density at radius 2 is 1.33 bits per heavy atom. The summed E-state index contributed by atoms with van der Waals surface area (Å²) in [6.45, 7) is 2.69. The van der Waals surface area contributed by atoms with Gasteiger partial charge in [-0.1, -0.05) is 6.92 Å². The molecular formula is C15H22. The van der Waals surface area contributed by atoms with E-state index < -0.39 is 0 Å². The lowest BCUT2D eigenvalue weighted by Crippen LogP contribution is -2.66. The van der Waals surface area contributed by atoms with Crippen LogP contribution in [0.15, 0.2) is 0 Å². The summed E-state index contributed by atoms with van der Waals surface area (Å²) >= 11 is 0. The van der Waals surface area contributed by atoms with Crippen molar-refractivity contribution < 1.29 is 0 Å². The lowest BCUT2D eigenvalue weighted by Gasteiger charge is -2.74. The van der Waals surface area contributed by atoms with Gasteiger partial charge in [-0.15, -0.1) is 0 Å². The van der Waals surface area contributed by atoms with Gasteiger partial charge in [0, 0.05) is 0 Å². The van der Waals surface area contributed by atoms with Gasteiger partial charge >= 0.3 is 0 Å². The molecule has 0 heterocycles. The second-order valence-electron chi connectivity index (χ2n) is 7.83. The van der Waals surface area contributed by atoms with Crippen molar-refractivity contribution in [1.82, 2.24) is 0 Å². The lowest BCUT2D eigenvalue weighted by molar-refractivity contribution is -0.248. The van der Waals surface area contributed by atoms with Gasteiger partial charge in [-0.2, -0.15) is 0 Å². The average Bonchev–Trinajstić information content (AvgIpc) is 2.24. The second-order valence-corrected chi connectivity index (χ2v) is 7.83. The van der Waals surface area contributed by atoms with Gasteiger partial charge in [-0.05, 0) is 85.4 Å². The van der Waals surface area contributed by atoms with E-state index >= 15 is 0 Å². The van der Waals surface area contributed by atoms with Crippen molar-refractivity contribution >= 4 is 0 Å². The summed E-state index contributed by atoms with van der Waals surface area (Å²) in [5, 5.41) is 0. The molecule has 0 saturated heterocycles. The minimum absolute atomic E-state index is 0.823. The fourth-order valence-electron chi connectivity index (χ4n) is 7.43. The minimum atomic E-state index is 0.823. The normalized spacial score (nSPS) is 73.0. The quantitative estimate of drug-likeness (QED) is 0.561. The molecule has 0 aromatic heterocycles. The Kier molecular flexibility index (Phi) is 1.18. The highest BCUT2D eigenvalue weighted by atomic mass is 14.7. The Hall–Kier alpha value is 0. The van der Waals surface area contributed by atoms with Crippen LogP contribution in [0.25, 0.3) is 0 Å². The average molecular weight is 202 g/mol. The molecule has 0 aromatic carbocycles. The van der Waals surface area contributed by atoms with Gasteiger partial charge in [-0.25, -0.2) is 0 Å². The zero-order valence-electron chi connectivity index (χ0n) is 9.78. The summed E-state index contributed by atoms with van der Waals surface area (Å²) in [7, 11) is 0. The smallest absolute Gasteiger partial charge is 0.0261 e. The summed E-state index contributed by atoms with van der Waals surface area (Å²) in [5.74, 6) is 8.27. The van der Waals surface area contributed by atoms with Gasteiger partial charge in [-0.3, -0.25) is 0 Å². The van der Waals surface area contributed by atoms with Crippen LogP contribution >= 0.6 is 0 Å². The first kappa shape index (κ1) is 8.14. The van der Waals surface area contributed by atoms with E-state index in [0.717, 1.165) is 11.3 Å². The van der Waals surface area contributed by atoms with Crippen LogP contribution in [0.5, 0.6) is 0 Å². The summed E-state index contributed by atoms with van der Waals surface area (Å²) in [4.78, 5) is 0. The van der Waals surface area contributed by atoms with Gasteiger partial charge in [0.15, 0.2) is 0 Å². The van der Waals surface area contributed by atoms with Gasteiger partial charge in [0.25, 0.3) is 0 Å². The van der Waals surface area contributed by atoms with Crippen LogP contribution in [0.2, 0.25) is 0 Å². The molecular weight excluding hydrogens is 180 g/mol. The Morgan fingerprint density at radius 1 is 0.733 bits per heavy atom. The molecule has 7 aliphatic carbocycles. The maximum absolute atomic E-state index is 2.69. The Morgan fingerprint density at radius 3 is 2.00 bits per heavy atom. The fourth-order valence-corrected chi connectivity index (χ4v) is 7.43. The van der Waals surface area contributed by atoms with E-state index in [-0.39, 0.29) is 0 Å². The number of hydrogen-bond donors (Lipinski definition) is 0. The van der Waals surface area contributed by atoms with Crippen molar-refractivity contribution in [2.75, 3.05) is 0 Å². The standard InChI is InChI=1S/C15H22/c1-15-7-9-3-11-10-2-8(5-13(11)15)6-14(15)12(10)4-9/h8-14H,2-7H2,1H3/t8?,9?,10?,11?,12?,13-,14-,15?/m1/s1.